The van der Waals surface area contributed by atoms with Gasteiger partial charge in [0.2, 0.25) is 0 Å². The average Bonchev–Trinajstić information content (AvgIpc) is 2.74. The van der Waals surface area contributed by atoms with E-state index in [0.717, 1.165) is 0 Å². The molecule has 0 aliphatic heterocycles. The second kappa shape index (κ2) is 5.77. The molecule has 1 aromatic carbocycles. The highest BCUT2D eigenvalue weighted by atomic mass is 35.5. The number of aromatic nitrogens is 1. The quantitative estimate of drug-likeness (QED) is 0.813. The smallest absolute Gasteiger partial charge is 0.339 e. The molecule has 0 amide bonds. The fourth-order valence-electron chi connectivity index (χ4n) is 2.32. The number of aryl methyl sites for hydroxylation is 1. The van der Waals surface area contributed by atoms with Crippen LogP contribution in [-0.4, -0.2) is 24.8 Å². The SMILES string of the molecule is COC(=O)c1cn(C)c(-c2cc(OC)c(Cl)cc2F)c1C. The molecule has 0 bridgehead atoms. The summed E-state index contributed by atoms with van der Waals surface area (Å²) in [6.45, 7) is 1.74. The van der Waals surface area contributed by atoms with Gasteiger partial charge in [-0.05, 0) is 24.6 Å². The monoisotopic (exact) mass is 311 g/mol. The predicted molar refractivity (Wildman–Crippen MR) is 78.4 cm³/mol. The molecule has 0 radical (unpaired) electrons. The van der Waals surface area contributed by atoms with E-state index in [1.165, 1.54) is 26.4 Å². The zero-order valence-corrected chi connectivity index (χ0v) is 12.9. The summed E-state index contributed by atoms with van der Waals surface area (Å²) < 4.78 is 25.8. The van der Waals surface area contributed by atoms with Gasteiger partial charge in [0.05, 0.1) is 30.5 Å². The Balaban J connectivity index is 2.68. The fraction of sp³-hybridized carbons (Fsp3) is 0.267. The minimum atomic E-state index is -0.485. The minimum Gasteiger partial charge on any atom is -0.495 e. The average molecular weight is 312 g/mol. The molecule has 112 valence electrons. The van der Waals surface area contributed by atoms with E-state index in [9.17, 15) is 9.18 Å². The zero-order valence-electron chi connectivity index (χ0n) is 12.2. The molecule has 0 unspecified atom stereocenters. The van der Waals surface area contributed by atoms with E-state index in [4.69, 9.17) is 21.1 Å². The summed E-state index contributed by atoms with van der Waals surface area (Å²) in [5.74, 6) is -0.578. The van der Waals surface area contributed by atoms with Gasteiger partial charge in [0.25, 0.3) is 0 Å². The van der Waals surface area contributed by atoms with E-state index in [2.05, 4.69) is 0 Å². The first-order valence-corrected chi connectivity index (χ1v) is 6.56. The maximum Gasteiger partial charge on any atom is 0.339 e. The van der Waals surface area contributed by atoms with Crippen molar-refractivity contribution in [1.29, 1.82) is 0 Å². The van der Waals surface area contributed by atoms with E-state index >= 15 is 0 Å². The summed E-state index contributed by atoms with van der Waals surface area (Å²) in [5.41, 5.74) is 1.91. The number of halogens is 2. The van der Waals surface area contributed by atoms with Crippen molar-refractivity contribution in [3.8, 4) is 17.0 Å². The first-order chi connectivity index (χ1) is 9.90. The highest BCUT2D eigenvalue weighted by Crippen LogP contribution is 2.35. The van der Waals surface area contributed by atoms with Gasteiger partial charge in [-0.15, -0.1) is 0 Å². The molecule has 0 aliphatic rings. The summed E-state index contributed by atoms with van der Waals surface area (Å²) in [6.07, 6.45) is 1.61. The van der Waals surface area contributed by atoms with Gasteiger partial charge in [-0.3, -0.25) is 0 Å². The van der Waals surface area contributed by atoms with Gasteiger partial charge in [0.15, 0.2) is 0 Å². The molecule has 0 atom stereocenters. The first-order valence-electron chi connectivity index (χ1n) is 6.18. The molecule has 2 rings (SSSR count). The second-order valence-electron chi connectivity index (χ2n) is 4.59. The van der Waals surface area contributed by atoms with E-state index in [1.54, 1.807) is 24.7 Å². The van der Waals surface area contributed by atoms with Gasteiger partial charge >= 0.3 is 5.97 Å². The van der Waals surface area contributed by atoms with Crippen molar-refractivity contribution in [2.75, 3.05) is 14.2 Å². The number of carbonyl (C=O) groups is 1. The molecule has 21 heavy (non-hydrogen) atoms. The number of nitrogens with zero attached hydrogens (tertiary/aromatic N) is 1. The third-order valence-corrected chi connectivity index (χ3v) is 3.63. The van der Waals surface area contributed by atoms with Gasteiger partial charge < -0.3 is 14.0 Å². The number of methoxy groups -OCH3 is 2. The topological polar surface area (TPSA) is 40.5 Å². The van der Waals surface area contributed by atoms with Crippen molar-refractivity contribution in [3.63, 3.8) is 0 Å². The Bertz CT molecular complexity index is 709. The van der Waals surface area contributed by atoms with Crippen molar-refractivity contribution in [2.45, 2.75) is 6.92 Å². The molecule has 0 spiro atoms. The van der Waals surface area contributed by atoms with Crippen LogP contribution in [-0.2, 0) is 11.8 Å². The van der Waals surface area contributed by atoms with Crippen LogP contribution in [0.15, 0.2) is 18.3 Å². The van der Waals surface area contributed by atoms with Crippen molar-refractivity contribution in [1.82, 2.24) is 4.57 Å². The molecule has 0 N–H and O–H groups in total. The summed E-state index contributed by atoms with van der Waals surface area (Å²) in [6, 6.07) is 2.71. The van der Waals surface area contributed by atoms with Crippen LogP contribution in [0.25, 0.3) is 11.3 Å². The molecule has 0 aliphatic carbocycles. The number of carbonyl (C=O) groups excluding carboxylic acids is 1. The zero-order chi connectivity index (χ0) is 15.7. The first kappa shape index (κ1) is 15.4. The third kappa shape index (κ3) is 2.61. The van der Waals surface area contributed by atoms with Crippen molar-refractivity contribution in [2.24, 2.45) is 7.05 Å². The Kier molecular flexibility index (Phi) is 4.23. The van der Waals surface area contributed by atoms with Crippen molar-refractivity contribution >= 4 is 17.6 Å². The number of hydrogen-bond acceptors (Lipinski definition) is 3. The Morgan fingerprint density at radius 3 is 2.57 bits per heavy atom. The molecule has 0 saturated heterocycles. The standard InChI is InChI=1S/C15H15ClFNO3/c1-8-10(15(19)21-4)7-18(2)14(8)9-5-13(20-3)11(16)6-12(9)17/h5-7H,1-4H3. The van der Waals surface area contributed by atoms with E-state index in [-0.39, 0.29) is 5.02 Å². The van der Waals surface area contributed by atoms with Crippen molar-refractivity contribution in [3.05, 3.63) is 40.3 Å². The molecule has 4 nitrogen and oxygen atoms in total. The Morgan fingerprint density at radius 2 is 2.00 bits per heavy atom. The van der Waals surface area contributed by atoms with Crippen molar-refractivity contribution < 1.29 is 18.7 Å². The lowest BCUT2D eigenvalue weighted by molar-refractivity contribution is 0.0600. The van der Waals surface area contributed by atoms with E-state index < -0.39 is 11.8 Å². The highest BCUT2D eigenvalue weighted by molar-refractivity contribution is 6.32. The number of rotatable bonds is 3. The summed E-state index contributed by atoms with van der Waals surface area (Å²) in [7, 11) is 4.50. The highest BCUT2D eigenvalue weighted by Gasteiger charge is 2.21. The Labute approximate surface area is 127 Å². The van der Waals surface area contributed by atoms with Gasteiger partial charge in [0, 0.05) is 18.8 Å². The summed E-state index contributed by atoms with van der Waals surface area (Å²) in [5, 5.41) is 0.193. The number of esters is 1. The Morgan fingerprint density at radius 1 is 1.33 bits per heavy atom. The molecule has 6 heteroatoms. The second-order valence-corrected chi connectivity index (χ2v) is 4.99. The van der Waals surface area contributed by atoms with Gasteiger partial charge in [-0.25, -0.2) is 9.18 Å². The Hall–Kier alpha value is -2.01. The van der Waals surface area contributed by atoms with Crippen LogP contribution >= 0.6 is 11.6 Å². The van der Waals surface area contributed by atoms with Crippen LogP contribution in [0.5, 0.6) is 5.75 Å². The predicted octanol–water partition coefficient (Wildman–Crippen LogP) is 3.59. The number of benzene rings is 1. The normalized spacial score (nSPS) is 10.6. The minimum absolute atomic E-state index is 0.193. The third-order valence-electron chi connectivity index (χ3n) is 3.34. The lowest BCUT2D eigenvalue weighted by atomic mass is 10.0. The lowest BCUT2D eigenvalue weighted by Crippen LogP contribution is -2.01. The summed E-state index contributed by atoms with van der Waals surface area (Å²) >= 11 is 5.90. The van der Waals surface area contributed by atoms with Crippen LogP contribution in [0.1, 0.15) is 15.9 Å². The lowest BCUT2D eigenvalue weighted by Gasteiger charge is -2.10. The van der Waals surface area contributed by atoms with E-state index in [1.807, 2.05) is 0 Å². The fourth-order valence-corrected chi connectivity index (χ4v) is 2.55. The van der Waals surface area contributed by atoms with Gasteiger partial charge in [0.1, 0.15) is 11.6 Å². The van der Waals surface area contributed by atoms with Crippen LogP contribution in [0.4, 0.5) is 4.39 Å². The molecule has 2 aromatic rings. The van der Waals surface area contributed by atoms with Crippen LogP contribution < -0.4 is 4.74 Å². The van der Waals surface area contributed by atoms with Gasteiger partial charge in [-0.1, -0.05) is 11.6 Å². The summed E-state index contributed by atoms with van der Waals surface area (Å²) in [4.78, 5) is 11.7. The van der Waals surface area contributed by atoms with Crippen LogP contribution in [0.2, 0.25) is 5.02 Å². The molecular weight excluding hydrogens is 297 g/mol. The van der Waals surface area contributed by atoms with Crippen LogP contribution in [0, 0.1) is 12.7 Å². The van der Waals surface area contributed by atoms with Crippen LogP contribution in [0.3, 0.4) is 0 Å². The molecular formula is C15H15ClFNO3. The molecule has 1 heterocycles. The molecule has 0 fully saturated rings. The maximum atomic E-state index is 14.2. The number of hydrogen-bond donors (Lipinski definition) is 0. The molecule has 1 aromatic heterocycles. The van der Waals surface area contributed by atoms with Gasteiger partial charge in [-0.2, -0.15) is 0 Å². The largest absolute Gasteiger partial charge is 0.495 e. The number of ether oxygens (including phenoxy) is 2. The maximum absolute atomic E-state index is 14.2. The van der Waals surface area contributed by atoms with E-state index in [0.29, 0.717) is 28.1 Å². The molecule has 0 saturated carbocycles.